The van der Waals surface area contributed by atoms with Crippen LogP contribution in [0.3, 0.4) is 0 Å². The van der Waals surface area contributed by atoms with Gasteiger partial charge in [0.2, 0.25) is 0 Å². The molecule has 0 spiro atoms. The number of nitrogens with zero attached hydrogens (tertiary/aromatic N) is 2. The molecule has 0 bridgehead atoms. The van der Waals surface area contributed by atoms with Gasteiger partial charge in [-0.05, 0) is 24.6 Å². The summed E-state index contributed by atoms with van der Waals surface area (Å²) in [6, 6.07) is 10.1. The van der Waals surface area contributed by atoms with Crippen molar-refractivity contribution in [2.24, 2.45) is 4.99 Å². The van der Waals surface area contributed by atoms with Crippen LogP contribution in [0.5, 0.6) is 11.5 Å². The molecule has 0 aliphatic carbocycles. The molecule has 1 amide bonds. The lowest BCUT2D eigenvalue weighted by Gasteiger charge is -2.09. The molecular weight excluding hydrogens is 464 g/mol. The predicted octanol–water partition coefficient (Wildman–Crippen LogP) is 3.22. The molecule has 0 aliphatic heterocycles. The van der Waals surface area contributed by atoms with Gasteiger partial charge in [-0.2, -0.15) is 4.99 Å². The zero-order chi connectivity index (χ0) is 24.0. The van der Waals surface area contributed by atoms with Crippen LogP contribution in [-0.2, 0) is 32.3 Å². The Morgan fingerprint density at radius 2 is 1.73 bits per heavy atom. The Hall–Kier alpha value is -2.69. The van der Waals surface area contributed by atoms with Gasteiger partial charge in [0, 0.05) is 25.3 Å². The van der Waals surface area contributed by atoms with Gasteiger partial charge in [-0.3, -0.25) is 4.79 Å². The molecule has 0 atom stereocenters. The number of hydrogen-bond donors (Lipinski definition) is 0. The first-order valence-electron chi connectivity index (χ1n) is 10.5. The number of aromatic nitrogens is 1. The lowest BCUT2D eigenvalue weighted by atomic mass is 10.1. The number of benzene rings is 2. The third-order valence-electron chi connectivity index (χ3n) is 5.09. The normalized spacial score (nSPS) is 12.3. The molecule has 0 unspecified atom stereocenters. The van der Waals surface area contributed by atoms with Gasteiger partial charge < -0.3 is 18.8 Å². The van der Waals surface area contributed by atoms with Crippen molar-refractivity contribution in [1.82, 2.24) is 4.57 Å². The molecule has 0 fully saturated rings. The van der Waals surface area contributed by atoms with Gasteiger partial charge in [0.25, 0.3) is 5.91 Å². The molecular formula is C23H28N2O6S2. The number of carbonyl (C=O) groups excluding carboxylic acids is 1. The Balaban J connectivity index is 1.95. The van der Waals surface area contributed by atoms with Crippen LogP contribution >= 0.6 is 11.3 Å². The number of amides is 1. The van der Waals surface area contributed by atoms with E-state index in [0.717, 1.165) is 10.2 Å². The van der Waals surface area contributed by atoms with Gasteiger partial charge in [0.05, 0.1) is 48.1 Å². The Kier molecular flexibility index (Phi) is 8.28. The van der Waals surface area contributed by atoms with Crippen LogP contribution in [-0.4, -0.2) is 52.1 Å². The summed E-state index contributed by atoms with van der Waals surface area (Å²) < 4.78 is 43.2. The molecule has 3 rings (SSSR count). The highest BCUT2D eigenvalue weighted by atomic mass is 32.2. The number of fused-ring (bicyclic) bond motifs is 1. The topological polar surface area (TPSA) is 96.2 Å². The van der Waals surface area contributed by atoms with Crippen molar-refractivity contribution in [1.29, 1.82) is 0 Å². The van der Waals surface area contributed by atoms with Gasteiger partial charge >= 0.3 is 0 Å². The second kappa shape index (κ2) is 11.0. The third kappa shape index (κ3) is 5.82. The zero-order valence-corrected chi connectivity index (χ0v) is 20.8. The standard InChI is InChI=1S/C23H28N2O6S2/c1-5-31-12-11-25-18-14-19(29-3)20(30-4)15-21(18)32-23(25)24-22(26)13-16-7-9-17(10-8-16)33(27,28)6-2/h7-10,14-15H,5-6,11-13H2,1-4H3. The number of hydrogen-bond acceptors (Lipinski definition) is 7. The maximum Gasteiger partial charge on any atom is 0.252 e. The smallest absolute Gasteiger partial charge is 0.252 e. The first-order valence-corrected chi connectivity index (χ1v) is 13.0. The Labute approximate surface area is 197 Å². The van der Waals surface area contributed by atoms with Gasteiger partial charge in [0.1, 0.15) is 0 Å². The van der Waals surface area contributed by atoms with E-state index in [-0.39, 0.29) is 23.0 Å². The second-order valence-corrected chi connectivity index (χ2v) is 10.4. The van der Waals surface area contributed by atoms with Crippen LogP contribution in [0.4, 0.5) is 0 Å². The average Bonchev–Trinajstić information content (AvgIpc) is 3.14. The van der Waals surface area contributed by atoms with Crippen molar-refractivity contribution in [2.75, 3.05) is 33.2 Å². The van der Waals surface area contributed by atoms with E-state index in [9.17, 15) is 13.2 Å². The van der Waals surface area contributed by atoms with Crippen LogP contribution in [0.2, 0.25) is 0 Å². The van der Waals surface area contributed by atoms with E-state index in [1.54, 1.807) is 33.3 Å². The van der Waals surface area contributed by atoms with E-state index in [2.05, 4.69) is 4.99 Å². The number of carbonyl (C=O) groups is 1. The molecule has 1 aromatic heterocycles. The number of ether oxygens (including phenoxy) is 3. The average molecular weight is 493 g/mol. The second-order valence-electron chi connectivity index (χ2n) is 7.14. The van der Waals surface area contributed by atoms with Gasteiger partial charge in [-0.25, -0.2) is 8.42 Å². The van der Waals surface area contributed by atoms with Crippen LogP contribution < -0.4 is 14.3 Å². The summed E-state index contributed by atoms with van der Waals surface area (Å²) in [5.74, 6) is 0.900. The minimum absolute atomic E-state index is 0.0316. The summed E-state index contributed by atoms with van der Waals surface area (Å²) in [5, 5.41) is 0. The third-order valence-corrected chi connectivity index (χ3v) is 7.88. The van der Waals surface area contributed by atoms with Crippen molar-refractivity contribution in [3.63, 3.8) is 0 Å². The molecule has 33 heavy (non-hydrogen) atoms. The summed E-state index contributed by atoms with van der Waals surface area (Å²) in [7, 11) is -0.126. The monoisotopic (exact) mass is 492 g/mol. The maximum absolute atomic E-state index is 12.8. The molecule has 8 nitrogen and oxygen atoms in total. The van der Waals surface area contributed by atoms with Crippen molar-refractivity contribution >= 4 is 37.3 Å². The predicted molar refractivity (Wildman–Crippen MR) is 128 cm³/mol. The van der Waals surface area contributed by atoms with Crippen molar-refractivity contribution < 1.29 is 27.4 Å². The highest BCUT2D eigenvalue weighted by Gasteiger charge is 2.14. The number of sulfone groups is 1. The fourth-order valence-corrected chi connectivity index (χ4v) is 5.27. The van der Waals surface area contributed by atoms with E-state index in [1.807, 2.05) is 23.6 Å². The van der Waals surface area contributed by atoms with Gasteiger partial charge in [-0.1, -0.05) is 30.4 Å². The fourth-order valence-electron chi connectivity index (χ4n) is 3.30. The largest absolute Gasteiger partial charge is 0.493 e. The molecule has 0 saturated heterocycles. The molecule has 1 heterocycles. The molecule has 0 radical (unpaired) electrons. The lowest BCUT2D eigenvalue weighted by molar-refractivity contribution is -0.117. The summed E-state index contributed by atoms with van der Waals surface area (Å²) in [6.07, 6.45) is 0.0683. The summed E-state index contributed by atoms with van der Waals surface area (Å²) in [6.45, 7) is 5.12. The molecule has 0 saturated carbocycles. The SMILES string of the molecule is CCOCCn1c(=NC(=O)Cc2ccc(S(=O)(=O)CC)cc2)sc2cc(OC)c(OC)cc21. The van der Waals surface area contributed by atoms with E-state index in [0.29, 0.717) is 41.6 Å². The molecule has 3 aromatic rings. The molecule has 0 N–H and O–H groups in total. The molecule has 2 aromatic carbocycles. The van der Waals surface area contributed by atoms with Crippen LogP contribution in [0.1, 0.15) is 19.4 Å². The number of methoxy groups -OCH3 is 2. The Morgan fingerprint density at radius 3 is 2.33 bits per heavy atom. The highest BCUT2D eigenvalue weighted by molar-refractivity contribution is 7.91. The van der Waals surface area contributed by atoms with E-state index in [4.69, 9.17) is 14.2 Å². The van der Waals surface area contributed by atoms with Crippen LogP contribution in [0.25, 0.3) is 10.2 Å². The Morgan fingerprint density at radius 1 is 1.06 bits per heavy atom. The van der Waals surface area contributed by atoms with E-state index in [1.165, 1.54) is 23.5 Å². The summed E-state index contributed by atoms with van der Waals surface area (Å²) in [4.78, 5) is 17.9. The van der Waals surface area contributed by atoms with Gasteiger partial charge in [0.15, 0.2) is 26.1 Å². The first kappa shape index (κ1) is 24.9. The first-order chi connectivity index (χ1) is 15.8. The van der Waals surface area contributed by atoms with Crippen LogP contribution in [0.15, 0.2) is 46.3 Å². The zero-order valence-electron chi connectivity index (χ0n) is 19.2. The van der Waals surface area contributed by atoms with Crippen molar-refractivity contribution in [3.8, 4) is 11.5 Å². The minimum Gasteiger partial charge on any atom is -0.493 e. The molecule has 0 aliphatic rings. The van der Waals surface area contributed by atoms with E-state index >= 15 is 0 Å². The van der Waals surface area contributed by atoms with Gasteiger partial charge in [-0.15, -0.1) is 0 Å². The maximum atomic E-state index is 12.8. The summed E-state index contributed by atoms with van der Waals surface area (Å²) in [5.41, 5.74) is 1.57. The number of rotatable bonds is 10. The highest BCUT2D eigenvalue weighted by Crippen LogP contribution is 2.33. The lowest BCUT2D eigenvalue weighted by Crippen LogP contribution is -2.20. The summed E-state index contributed by atoms with van der Waals surface area (Å²) >= 11 is 1.38. The molecule has 10 heteroatoms. The van der Waals surface area contributed by atoms with Crippen molar-refractivity contribution in [3.05, 3.63) is 46.8 Å². The van der Waals surface area contributed by atoms with Crippen molar-refractivity contribution in [2.45, 2.75) is 31.7 Å². The van der Waals surface area contributed by atoms with Crippen LogP contribution in [0, 0.1) is 0 Å². The molecule has 178 valence electrons. The minimum atomic E-state index is -3.28. The fraction of sp³-hybridized carbons (Fsp3) is 0.391. The quantitative estimate of drug-likeness (QED) is 0.403. The Bertz CT molecular complexity index is 1290. The van der Waals surface area contributed by atoms with E-state index < -0.39 is 9.84 Å². The number of thiazole rings is 1.